The largest absolute Gasteiger partial charge is 0.543 e. The topological polar surface area (TPSA) is 93.2 Å². The molecule has 1 amide bonds. The van der Waals surface area contributed by atoms with E-state index in [1.54, 1.807) is 11.1 Å². The molecule has 13 heteroatoms. The van der Waals surface area contributed by atoms with Crippen molar-refractivity contribution in [2.24, 2.45) is 0 Å². The fourth-order valence-corrected chi connectivity index (χ4v) is 9.02. The summed E-state index contributed by atoms with van der Waals surface area (Å²) in [5, 5.41) is 2.20. The molecule has 284 valence electrons. The average molecular weight is 763 g/mol. The van der Waals surface area contributed by atoms with Crippen LogP contribution < -0.4 is 14.1 Å². The summed E-state index contributed by atoms with van der Waals surface area (Å²) >= 11 is 7.28. The van der Waals surface area contributed by atoms with Gasteiger partial charge in [-0.2, -0.15) is 9.97 Å². The number of anilines is 1. The minimum Gasteiger partial charge on any atom is -0.543 e. The molecule has 2 unspecified atom stereocenters. The smallest absolute Gasteiger partial charge is 0.412 e. The Morgan fingerprint density at radius 3 is 2.51 bits per heavy atom. The van der Waals surface area contributed by atoms with Crippen LogP contribution in [0.15, 0.2) is 42.6 Å². The van der Waals surface area contributed by atoms with E-state index in [4.69, 9.17) is 40.5 Å². The monoisotopic (exact) mass is 762 g/mol. The third-order valence-corrected chi connectivity index (χ3v) is 16.3. The van der Waals surface area contributed by atoms with Crippen LogP contribution in [0.1, 0.15) is 67.2 Å². The molecule has 7 rings (SSSR count). The number of likely N-dealkylation sites (N-methyl/N-ethyl adjacent to an activating group) is 1. The van der Waals surface area contributed by atoms with E-state index in [2.05, 4.69) is 45.8 Å². The van der Waals surface area contributed by atoms with Gasteiger partial charge in [0, 0.05) is 24.3 Å². The normalized spacial score (nSPS) is 22.5. The lowest BCUT2D eigenvalue weighted by molar-refractivity contribution is 0.00716. The van der Waals surface area contributed by atoms with E-state index in [1.807, 2.05) is 62.1 Å². The predicted octanol–water partition coefficient (Wildman–Crippen LogP) is 9.00. The van der Waals surface area contributed by atoms with Crippen molar-refractivity contribution in [1.82, 2.24) is 24.8 Å². The molecule has 0 radical (unpaired) electrons. The lowest BCUT2D eigenvalue weighted by atomic mass is 10.00. The number of halogens is 2. The quantitative estimate of drug-likeness (QED) is 0.104. The van der Waals surface area contributed by atoms with E-state index in [0.717, 1.165) is 30.2 Å². The number of nitrogens with zero attached hydrogens (tertiary/aromatic N) is 6. The number of pyridine rings is 1. The van der Waals surface area contributed by atoms with Crippen LogP contribution in [0.2, 0.25) is 18.1 Å². The van der Waals surface area contributed by atoms with Crippen molar-refractivity contribution in [3.8, 4) is 23.0 Å². The summed E-state index contributed by atoms with van der Waals surface area (Å²) in [4.78, 5) is 32.7. The lowest BCUT2D eigenvalue weighted by Crippen LogP contribution is -2.61. The van der Waals surface area contributed by atoms with Gasteiger partial charge >= 0.3 is 12.1 Å². The SMILES string of the molecule is CN1CCC[C@H]1COc1nc(N2CC3CCC(Cl)(C2)N3C(=O)OC(C)(C)C)c2cnc(-c3cc(O[Si](C)(C)C(C)(C)C)cc4ccccc34)c(F)c2n1. The van der Waals surface area contributed by atoms with E-state index >= 15 is 4.39 Å². The van der Waals surface area contributed by atoms with Gasteiger partial charge in [-0.05, 0) is 101 Å². The number of piperazine rings is 1. The minimum atomic E-state index is -2.21. The van der Waals surface area contributed by atoms with Gasteiger partial charge in [0.1, 0.15) is 40.0 Å². The molecule has 4 aromatic rings. The number of hydrogen-bond acceptors (Lipinski definition) is 9. The fourth-order valence-electron chi connectivity index (χ4n) is 7.55. The number of benzene rings is 2. The van der Waals surface area contributed by atoms with Gasteiger partial charge in [0.2, 0.25) is 8.32 Å². The molecule has 0 N–H and O–H groups in total. The van der Waals surface area contributed by atoms with Gasteiger partial charge in [-0.25, -0.2) is 9.18 Å². The Kier molecular flexibility index (Phi) is 9.59. The summed E-state index contributed by atoms with van der Waals surface area (Å²) in [5.41, 5.74) is 0.242. The Morgan fingerprint density at radius 1 is 1.08 bits per heavy atom. The van der Waals surface area contributed by atoms with Crippen LogP contribution in [0.4, 0.5) is 15.0 Å². The number of amides is 1. The molecular formula is C40H52ClFN6O4Si. The molecule has 2 aromatic heterocycles. The molecule has 0 saturated carbocycles. The summed E-state index contributed by atoms with van der Waals surface area (Å²) < 4.78 is 36.1. The maximum Gasteiger partial charge on any atom is 0.412 e. The molecule has 3 atom stereocenters. The summed E-state index contributed by atoms with van der Waals surface area (Å²) in [7, 11) is -0.132. The Balaban J connectivity index is 1.32. The maximum absolute atomic E-state index is 17.3. The van der Waals surface area contributed by atoms with Crippen molar-refractivity contribution in [2.45, 2.75) is 108 Å². The van der Waals surface area contributed by atoms with E-state index in [-0.39, 0.29) is 40.9 Å². The third kappa shape index (κ3) is 7.26. The Morgan fingerprint density at radius 2 is 1.83 bits per heavy atom. The van der Waals surface area contributed by atoms with Crippen LogP contribution >= 0.6 is 11.6 Å². The first-order valence-corrected chi connectivity index (χ1v) is 22.0. The van der Waals surface area contributed by atoms with Crippen molar-refractivity contribution in [1.29, 1.82) is 0 Å². The van der Waals surface area contributed by atoms with Crippen LogP contribution in [0.3, 0.4) is 0 Å². The number of carbonyl (C=O) groups is 1. The molecular weight excluding hydrogens is 711 g/mol. The van der Waals surface area contributed by atoms with Crippen molar-refractivity contribution < 1.29 is 23.1 Å². The van der Waals surface area contributed by atoms with Crippen LogP contribution in [0, 0.1) is 5.82 Å². The van der Waals surface area contributed by atoms with Crippen molar-refractivity contribution in [3.63, 3.8) is 0 Å². The molecule has 2 bridgehead atoms. The number of rotatable bonds is 7. The molecule has 0 aliphatic carbocycles. The molecule has 2 aromatic carbocycles. The standard InChI is InChI=1S/C40H52ClFN6O4Si/c1-38(2,3)51-37(49)48-26-16-17-40(48,41)24-47(22-26)35-31-21-43-33(32(42)34(31)44-36(45-35)50-23-27-14-12-18-46(27)7)30-20-28(52-53(8,9)39(4,5)6)19-25-13-10-11-15-29(25)30/h10-11,13,15,19-21,26-27H,12,14,16-18,22-24H2,1-9H3/t26?,27-,40?/m0/s1. The third-order valence-electron chi connectivity index (χ3n) is 11.4. The molecule has 3 saturated heterocycles. The number of alkyl halides is 1. The van der Waals surface area contributed by atoms with E-state index in [1.165, 1.54) is 0 Å². The second kappa shape index (κ2) is 13.5. The first kappa shape index (κ1) is 37.6. The number of aromatic nitrogens is 3. The second-order valence-electron chi connectivity index (χ2n) is 17.5. The highest BCUT2D eigenvalue weighted by Crippen LogP contribution is 2.46. The molecule has 10 nitrogen and oxygen atoms in total. The Hall–Kier alpha value is -3.74. The zero-order valence-corrected chi connectivity index (χ0v) is 34.2. The summed E-state index contributed by atoms with van der Waals surface area (Å²) in [6.07, 6.45) is 4.60. The number of hydrogen-bond donors (Lipinski definition) is 0. The van der Waals surface area contributed by atoms with Gasteiger partial charge in [0.15, 0.2) is 5.82 Å². The molecule has 5 heterocycles. The first-order valence-electron chi connectivity index (χ1n) is 18.7. The summed E-state index contributed by atoms with van der Waals surface area (Å²) in [6.45, 7) is 18.6. The molecule has 0 spiro atoms. The van der Waals surface area contributed by atoms with Crippen LogP contribution in [-0.2, 0) is 4.74 Å². The number of ether oxygens (including phenoxy) is 2. The van der Waals surface area contributed by atoms with Gasteiger partial charge in [-0.3, -0.25) is 9.88 Å². The van der Waals surface area contributed by atoms with Crippen molar-refractivity contribution in [3.05, 3.63) is 48.4 Å². The number of fused-ring (bicyclic) bond motifs is 4. The molecule has 53 heavy (non-hydrogen) atoms. The summed E-state index contributed by atoms with van der Waals surface area (Å²) in [5.74, 6) is 0.591. The maximum atomic E-state index is 17.3. The van der Waals surface area contributed by atoms with Gasteiger partial charge in [0.05, 0.1) is 18.0 Å². The zero-order valence-electron chi connectivity index (χ0n) is 32.4. The van der Waals surface area contributed by atoms with E-state index < -0.39 is 30.8 Å². The highest BCUT2D eigenvalue weighted by Gasteiger charge is 2.54. The molecule has 3 aliphatic heterocycles. The number of carbonyl (C=O) groups excluding carboxylic acids is 1. The Bertz CT molecular complexity index is 2050. The highest BCUT2D eigenvalue weighted by atomic mass is 35.5. The van der Waals surface area contributed by atoms with E-state index in [0.29, 0.717) is 48.5 Å². The molecule has 3 fully saturated rings. The van der Waals surface area contributed by atoms with Gasteiger partial charge < -0.3 is 23.7 Å². The zero-order chi connectivity index (χ0) is 38.1. The van der Waals surface area contributed by atoms with Gasteiger partial charge in [0.25, 0.3) is 0 Å². The van der Waals surface area contributed by atoms with E-state index in [9.17, 15) is 4.79 Å². The number of likely N-dealkylation sites (tertiary alicyclic amines) is 1. The summed E-state index contributed by atoms with van der Waals surface area (Å²) in [6, 6.07) is 11.9. The first-order chi connectivity index (χ1) is 24.8. The Labute approximate surface area is 318 Å². The minimum absolute atomic E-state index is 0.0260. The second-order valence-corrected chi connectivity index (χ2v) is 22.9. The van der Waals surface area contributed by atoms with Gasteiger partial charge in [-0.15, -0.1) is 0 Å². The van der Waals surface area contributed by atoms with Crippen molar-refractivity contribution in [2.75, 3.05) is 38.2 Å². The van der Waals surface area contributed by atoms with Crippen molar-refractivity contribution >= 4 is 53.5 Å². The lowest BCUT2D eigenvalue weighted by Gasteiger charge is -2.46. The van der Waals surface area contributed by atoms with Crippen LogP contribution in [0.25, 0.3) is 32.9 Å². The predicted molar refractivity (Wildman–Crippen MR) is 211 cm³/mol. The average Bonchev–Trinajstić information content (AvgIpc) is 3.57. The van der Waals surface area contributed by atoms with Crippen LogP contribution in [-0.4, -0.2) is 95.1 Å². The molecule has 3 aliphatic rings. The van der Waals surface area contributed by atoms with Gasteiger partial charge in [-0.1, -0.05) is 56.6 Å². The fraction of sp³-hybridized carbons (Fsp3) is 0.550. The van der Waals surface area contributed by atoms with Crippen LogP contribution in [0.5, 0.6) is 11.8 Å². The highest BCUT2D eigenvalue weighted by molar-refractivity contribution is 6.74.